The molecule has 0 saturated heterocycles. The molecular weight excluding hydrogens is 381 g/mol. The van der Waals surface area contributed by atoms with Gasteiger partial charge < -0.3 is 0 Å². The third-order valence-electron chi connectivity index (χ3n) is 4.66. The largest absolute Gasteiger partial charge is 0.207 e. The maximum atomic E-state index is 13.5. The molecule has 0 amide bonds. The summed E-state index contributed by atoms with van der Waals surface area (Å²) in [7, 11) is 0. The Morgan fingerprint density at radius 2 is 0.833 bits per heavy atom. The van der Waals surface area contributed by atoms with Crippen LogP contribution >= 0.6 is 0 Å². The van der Waals surface area contributed by atoms with Crippen molar-refractivity contribution in [1.29, 1.82) is 0 Å². The summed E-state index contributed by atoms with van der Waals surface area (Å²) in [6.07, 6.45) is 0. The van der Waals surface area contributed by atoms with Gasteiger partial charge in [-0.15, -0.1) is 0 Å². The second kappa shape index (κ2) is 12.8. The lowest BCUT2D eigenvalue weighted by Crippen LogP contribution is -2.14. The first-order chi connectivity index (χ1) is 13.7. The van der Waals surface area contributed by atoms with Crippen molar-refractivity contribution in [1.82, 2.24) is 0 Å². The van der Waals surface area contributed by atoms with Crippen LogP contribution in [0.2, 0.25) is 0 Å². The van der Waals surface area contributed by atoms with Crippen molar-refractivity contribution in [2.45, 2.75) is 101 Å². The van der Waals surface area contributed by atoms with Gasteiger partial charge in [0.1, 0.15) is 17.5 Å². The summed E-state index contributed by atoms with van der Waals surface area (Å²) >= 11 is 0. The van der Waals surface area contributed by atoms with Crippen LogP contribution in [0.4, 0.5) is 13.2 Å². The topological polar surface area (TPSA) is 0 Å². The zero-order valence-corrected chi connectivity index (χ0v) is 21.4. The fourth-order valence-corrected chi connectivity index (χ4v) is 2.84. The van der Waals surface area contributed by atoms with E-state index in [0.717, 1.165) is 11.1 Å². The zero-order chi connectivity index (χ0) is 24.4. The quantitative estimate of drug-likeness (QED) is 0.395. The minimum atomic E-state index is -0.481. The van der Waals surface area contributed by atoms with E-state index in [4.69, 9.17) is 0 Å². The first-order valence-electron chi connectivity index (χ1n) is 10.9. The molecule has 30 heavy (non-hydrogen) atoms. The van der Waals surface area contributed by atoms with E-state index in [0.29, 0.717) is 5.56 Å². The SMILES string of the molecule is CC.CC.Cc1c(F)ccc(C(C)(C)C)c1C.Cc1c(F)ccc(C(C)(C)C)c1F. The summed E-state index contributed by atoms with van der Waals surface area (Å²) in [5.74, 6) is -1.01. The minimum Gasteiger partial charge on any atom is -0.207 e. The lowest BCUT2D eigenvalue weighted by Gasteiger charge is -2.22. The van der Waals surface area contributed by atoms with Crippen LogP contribution in [0.5, 0.6) is 0 Å². The van der Waals surface area contributed by atoms with Gasteiger partial charge in [0.25, 0.3) is 0 Å². The van der Waals surface area contributed by atoms with Crippen molar-refractivity contribution >= 4 is 0 Å². The summed E-state index contributed by atoms with van der Waals surface area (Å²) in [5, 5.41) is 0. The number of hydrogen-bond acceptors (Lipinski definition) is 0. The molecule has 0 aliphatic rings. The van der Waals surface area contributed by atoms with Crippen LogP contribution in [0.15, 0.2) is 24.3 Å². The Morgan fingerprint density at radius 1 is 0.500 bits per heavy atom. The smallest absolute Gasteiger partial charge is 0.132 e. The van der Waals surface area contributed by atoms with Crippen LogP contribution in [0.1, 0.15) is 97.1 Å². The van der Waals surface area contributed by atoms with Crippen LogP contribution < -0.4 is 0 Å². The van der Waals surface area contributed by atoms with Gasteiger partial charge in [0.2, 0.25) is 0 Å². The van der Waals surface area contributed by atoms with Gasteiger partial charge in [-0.2, -0.15) is 0 Å². The second-order valence-corrected chi connectivity index (χ2v) is 8.88. The molecule has 0 aliphatic heterocycles. The van der Waals surface area contributed by atoms with E-state index in [1.165, 1.54) is 24.6 Å². The fraction of sp³-hybridized carbons (Fsp3) is 0.556. The van der Waals surface area contributed by atoms with Crippen molar-refractivity contribution in [2.75, 3.05) is 0 Å². The van der Waals surface area contributed by atoms with Gasteiger partial charge in [-0.1, -0.05) is 81.4 Å². The van der Waals surface area contributed by atoms with E-state index in [1.54, 1.807) is 6.07 Å². The molecular formula is C27H43F3. The van der Waals surface area contributed by atoms with Crippen molar-refractivity contribution < 1.29 is 13.2 Å². The van der Waals surface area contributed by atoms with Gasteiger partial charge >= 0.3 is 0 Å². The summed E-state index contributed by atoms with van der Waals surface area (Å²) in [5.41, 5.74) is 3.57. The Hall–Kier alpha value is -1.77. The summed E-state index contributed by atoms with van der Waals surface area (Å²) < 4.78 is 39.6. The molecule has 172 valence electrons. The van der Waals surface area contributed by atoms with Crippen LogP contribution in [-0.2, 0) is 10.8 Å². The van der Waals surface area contributed by atoms with E-state index >= 15 is 0 Å². The van der Waals surface area contributed by atoms with Crippen molar-refractivity contribution in [3.05, 3.63) is 69.5 Å². The van der Waals surface area contributed by atoms with E-state index in [-0.39, 0.29) is 22.2 Å². The molecule has 0 aromatic heterocycles. The predicted molar refractivity (Wildman–Crippen MR) is 127 cm³/mol. The molecule has 0 fully saturated rings. The molecule has 0 N–H and O–H groups in total. The zero-order valence-electron chi connectivity index (χ0n) is 21.4. The lowest BCUT2D eigenvalue weighted by atomic mass is 9.83. The monoisotopic (exact) mass is 424 g/mol. The molecule has 0 aliphatic carbocycles. The maximum absolute atomic E-state index is 13.5. The maximum Gasteiger partial charge on any atom is 0.132 e. The molecule has 0 bridgehead atoms. The Bertz CT molecular complexity index is 709. The first kappa shape index (κ1) is 30.4. The third-order valence-corrected chi connectivity index (χ3v) is 4.66. The van der Waals surface area contributed by atoms with E-state index in [9.17, 15) is 13.2 Å². The first-order valence-corrected chi connectivity index (χ1v) is 10.9. The molecule has 0 saturated carbocycles. The summed E-state index contributed by atoms with van der Waals surface area (Å²) in [6, 6.07) is 6.28. The van der Waals surface area contributed by atoms with Crippen molar-refractivity contribution in [2.24, 2.45) is 0 Å². The highest BCUT2D eigenvalue weighted by atomic mass is 19.1. The predicted octanol–water partition coefficient (Wildman–Crippen LogP) is 9.36. The number of benzene rings is 2. The van der Waals surface area contributed by atoms with Gasteiger partial charge in [-0.25, -0.2) is 13.2 Å². The number of rotatable bonds is 0. The van der Waals surface area contributed by atoms with Gasteiger partial charge in [-0.3, -0.25) is 0 Å². The lowest BCUT2D eigenvalue weighted by molar-refractivity contribution is 0.503. The highest BCUT2D eigenvalue weighted by Gasteiger charge is 2.20. The molecule has 0 heterocycles. The summed E-state index contributed by atoms with van der Waals surface area (Å²) in [6.45, 7) is 25.4. The molecule has 0 radical (unpaired) electrons. The Morgan fingerprint density at radius 3 is 1.20 bits per heavy atom. The highest BCUT2D eigenvalue weighted by Crippen LogP contribution is 2.28. The number of hydrogen-bond donors (Lipinski definition) is 0. The van der Waals surface area contributed by atoms with Gasteiger partial charge in [0.05, 0.1) is 0 Å². The standard InChI is InChI=1S/C12H17F.C11H14F2.2C2H6/c1-8-9(2)11(13)7-6-10(8)12(3,4)5;1-7-9(12)6-5-8(10(7)13)11(2,3)4;2*1-2/h6-7H,1-5H3;5-6H,1-4H3;2*1-2H3. The van der Waals surface area contributed by atoms with Gasteiger partial charge in [0.15, 0.2) is 0 Å². The molecule has 2 rings (SSSR count). The van der Waals surface area contributed by atoms with Crippen LogP contribution in [-0.4, -0.2) is 0 Å². The molecule has 2 aromatic carbocycles. The van der Waals surface area contributed by atoms with E-state index < -0.39 is 11.6 Å². The van der Waals surface area contributed by atoms with Gasteiger partial charge in [0, 0.05) is 5.56 Å². The fourth-order valence-electron chi connectivity index (χ4n) is 2.84. The Balaban J connectivity index is 0. The molecule has 0 nitrogen and oxygen atoms in total. The van der Waals surface area contributed by atoms with Gasteiger partial charge in [-0.05, 0) is 66.0 Å². The van der Waals surface area contributed by atoms with Crippen LogP contribution in [0, 0.1) is 38.2 Å². The molecule has 0 spiro atoms. The van der Waals surface area contributed by atoms with E-state index in [2.05, 4.69) is 20.8 Å². The molecule has 0 atom stereocenters. The molecule has 2 aromatic rings. The molecule has 0 unspecified atom stereocenters. The Labute approximate surface area is 183 Å². The third kappa shape index (κ3) is 8.53. The van der Waals surface area contributed by atoms with Crippen molar-refractivity contribution in [3.63, 3.8) is 0 Å². The van der Waals surface area contributed by atoms with E-state index in [1.807, 2.05) is 68.4 Å². The van der Waals surface area contributed by atoms with Crippen molar-refractivity contribution in [3.8, 4) is 0 Å². The average molecular weight is 425 g/mol. The van der Waals surface area contributed by atoms with Crippen LogP contribution in [0.25, 0.3) is 0 Å². The second-order valence-electron chi connectivity index (χ2n) is 8.88. The van der Waals surface area contributed by atoms with Crippen LogP contribution in [0.3, 0.4) is 0 Å². The normalized spacial score (nSPS) is 10.7. The minimum absolute atomic E-state index is 0.0997. The Kier molecular flexibility index (Phi) is 13.0. The summed E-state index contributed by atoms with van der Waals surface area (Å²) in [4.78, 5) is 0. The average Bonchev–Trinajstić information content (AvgIpc) is 2.66. The highest BCUT2D eigenvalue weighted by molar-refractivity contribution is 5.38. The number of halogens is 3. The molecule has 3 heteroatoms.